The number of pyridine rings is 1. The number of carboxylic acid groups (broad SMARTS) is 1. The van der Waals surface area contributed by atoms with Gasteiger partial charge in [0.2, 0.25) is 5.88 Å². The summed E-state index contributed by atoms with van der Waals surface area (Å²) in [4.78, 5) is 23.6. The van der Waals surface area contributed by atoms with Gasteiger partial charge in [0, 0.05) is 35.8 Å². The van der Waals surface area contributed by atoms with Crippen molar-refractivity contribution in [1.82, 2.24) is 19.4 Å². The summed E-state index contributed by atoms with van der Waals surface area (Å²) in [5, 5.41) is 9.53. The van der Waals surface area contributed by atoms with Crippen molar-refractivity contribution in [3.8, 4) is 11.6 Å². The molecule has 3 fully saturated rings. The number of aromatic carboxylic acids is 1. The predicted octanol–water partition coefficient (Wildman–Crippen LogP) is 5.93. The van der Waals surface area contributed by atoms with Gasteiger partial charge >= 0.3 is 12.1 Å². The molecule has 10 nitrogen and oxygen atoms in total. The molecule has 3 aliphatic heterocycles. The van der Waals surface area contributed by atoms with Crippen LogP contribution in [-0.2, 0) is 29.2 Å². The van der Waals surface area contributed by atoms with Crippen molar-refractivity contribution < 1.29 is 42.0 Å². The van der Waals surface area contributed by atoms with Crippen LogP contribution in [-0.4, -0.2) is 82.3 Å². The van der Waals surface area contributed by atoms with Gasteiger partial charge in [-0.2, -0.15) is 13.2 Å². The number of alkyl halides is 3. The van der Waals surface area contributed by atoms with Crippen molar-refractivity contribution in [3.63, 3.8) is 0 Å². The van der Waals surface area contributed by atoms with E-state index in [9.17, 15) is 23.1 Å². The van der Waals surface area contributed by atoms with Crippen LogP contribution in [0.1, 0.15) is 64.1 Å². The molecule has 13 heteroatoms. The van der Waals surface area contributed by atoms with E-state index in [-0.39, 0.29) is 35.9 Å². The predicted molar refractivity (Wildman–Crippen MR) is 168 cm³/mol. The van der Waals surface area contributed by atoms with Gasteiger partial charge in [0.05, 0.1) is 49.0 Å². The van der Waals surface area contributed by atoms with Crippen LogP contribution in [0, 0.1) is 0 Å². The number of ether oxygens (including phenoxy) is 4. The molecule has 7 rings (SSSR count). The minimum absolute atomic E-state index is 0.0182. The van der Waals surface area contributed by atoms with E-state index in [0.717, 1.165) is 67.1 Å². The fourth-order valence-electron chi connectivity index (χ4n) is 6.41. The normalized spacial score (nSPS) is 19.2. The fourth-order valence-corrected chi connectivity index (χ4v) is 6.41. The quantitative estimate of drug-likeness (QED) is 0.197. The highest BCUT2D eigenvalue weighted by Crippen LogP contribution is 2.33. The van der Waals surface area contributed by atoms with E-state index in [4.69, 9.17) is 28.9 Å². The van der Waals surface area contributed by atoms with Crippen molar-refractivity contribution in [2.24, 2.45) is 0 Å². The van der Waals surface area contributed by atoms with Crippen LogP contribution in [0.5, 0.6) is 11.6 Å². The largest absolute Gasteiger partial charge is 0.484 e. The molecule has 1 N–H and O–H groups in total. The number of aromatic nitrogens is 3. The topological polar surface area (TPSA) is 108 Å². The number of halogens is 3. The first-order chi connectivity index (χ1) is 23.2. The smallest absolute Gasteiger partial charge is 0.422 e. The Balaban J connectivity index is 0.988. The number of nitrogens with zero attached hydrogens (tertiary/aromatic N) is 4. The Morgan fingerprint density at radius 3 is 2.48 bits per heavy atom. The highest BCUT2D eigenvalue weighted by Gasteiger charge is 2.30. The summed E-state index contributed by atoms with van der Waals surface area (Å²) in [7, 11) is 0. The van der Waals surface area contributed by atoms with Crippen LogP contribution in [0.4, 0.5) is 13.2 Å². The average molecular weight is 667 g/mol. The third-order valence-electron chi connectivity index (χ3n) is 9.34. The molecular weight excluding hydrogens is 629 g/mol. The molecule has 3 aliphatic rings. The number of hydrogen-bond donors (Lipinski definition) is 1. The third kappa shape index (κ3) is 7.43. The molecule has 5 heterocycles. The first kappa shape index (κ1) is 32.4. The molecule has 1 unspecified atom stereocenters. The molecule has 4 aromatic rings. The van der Waals surface area contributed by atoms with Crippen molar-refractivity contribution >= 4 is 17.0 Å². The Morgan fingerprint density at radius 1 is 0.979 bits per heavy atom. The van der Waals surface area contributed by atoms with Crippen LogP contribution in [0.2, 0.25) is 0 Å². The number of benzene rings is 2. The molecule has 0 saturated carbocycles. The number of fused-ring (bicyclic) bond motifs is 1. The molecule has 1 atom stereocenters. The second kappa shape index (κ2) is 13.7. The molecule has 0 bridgehead atoms. The lowest BCUT2D eigenvalue weighted by molar-refractivity contribution is -0.153. The highest BCUT2D eigenvalue weighted by atomic mass is 19.4. The van der Waals surface area contributed by atoms with E-state index in [1.807, 2.05) is 18.2 Å². The van der Waals surface area contributed by atoms with Gasteiger partial charge in [0.1, 0.15) is 18.2 Å². The Hall–Kier alpha value is -4.20. The molecule has 254 valence electrons. The summed E-state index contributed by atoms with van der Waals surface area (Å²) in [5.41, 5.74) is 4.12. The van der Waals surface area contributed by atoms with Crippen molar-refractivity contribution in [2.75, 3.05) is 39.5 Å². The lowest BCUT2D eigenvalue weighted by Crippen LogP contribution is -2.35. The lowest BCUT2D eigenvalue weighted by atomic mass is 9.93. The van der Waals surface area contributed by atoms with Gasteiger partial charge in [-0.15, -0.1) is 0 Å². The van der Waals surface area contributed by atoms with Gasteiger partial charge in [0.15, 0.2) is 6.61 Å². The van der Waals surface area contributed by atoms with Gasteiger partial charge in [-0.3, -0.25) is 4.90 Å². The van der Waals surface area contributed by atoms with E-state index in [2.05, 4.69) is 9.47 Å². The van der Waals surface area contributed by atoms with E-state index in [0.29, 0.717) is 37.7 Å². The van der Waals surface area contributed by atoms with Gasteiger partial charge < -0.3 is 28.6 Å². The van der Waals surface area contributed by atoms with Crippen molar-refractivity contribution in [2.45, 2.75) is 63.1 Å². The maximum Gasteiger partial charge on any atom is 0.422 e. The van der Waals surface area contributed by atoms with E-state index < -0.39 is 18.8 Å². The number of piperidine rings is 1. The van der Waals surface area contributed by atoms with Crippen LogP contribution < -0.4 is 9.47 Å². The second-order valence-electron chi connectivity index (χ2n) is 12.7. The zero-order chi connectivity index (χ0) is 33.3. The highest BCUT2D eigenvalue weighted by molar-refractivity contribution is 5.92. The van der Waals surface area contributed by atoms with Crippen LogP contribution in [0.3, 0.4) is 0 Å². The van der Waals surface area contributed by atoms with Crippen LogP contribution in [0.25, 0.3) is 11.0 Å². The minimum atomic E-state index is -4.45. The Morgan fingerprint density at radius 2 is 1.79 bits per heavy atom. The lowest BCUT2D eigenvalue weighted by Gasteiger charge is -2.32. The van der Waals surface area contributed by atoms with Gasteiger partial charge in [-0.25, -0.2) is 14.8 Å². The van der Waals surface area contributed by atoms with Gasteiger partial charge in [-0.05, 0) is 68.2 Å². The fraction of sp³-hybridized carbons (Fsp3) is 0.457. The number of carbonyl (C=O) groups is 1. The maximum atomic E-state index is 13.0. The average Bonchev–Trinajstić information content (AvgIpc) is 3.36. The summed E-state index contributed by atoms with van der Waals surface area (Å²) in [6, 6.07) is 16.0. The Kier molecular flexibility index (Phi) is 9.25. The Labute approximate surface area is 275 Å². The van der Waals surface area contributed by atoms with E-state index in [1.165, 1.54) is 0 Å². The minimum Gasteiger partial charge on any atom is -0.484 e. The number of hydrogen-bond acceptors (Lipinski definition) is 8. The van der Waals surface area contributed by atoms with Crippen molar-refractivity contribution in [1.29, 1.82) is 0 Å². The summed E-state index contributed by atoms with van der Waals surface area (Å²) in [6.07, 6.45) is -1.62. The molecule has 2 aromatic carbocycles. The summed E-state index contributed by atoms with van der Waals surface area (Å²) < 4.78 is 63.1. The summed E-state index contributed by atoms with van der Waals surface area (Å²) in [6.45, 7) is 3.39. The number of imidazole rings is 1. The summed E-state index contributed by atoms with van der Waals surface area (Å²) >= 11 is 0. The van der Waals surface area contributed by atoms with E-state index in [1.54, 1.807) is 36.4 Å². The zero-order valence-electron chi connectivity index (χ0n) is 26.3. The SMILES string of the molecule is O=C(O)c1ccc2nc(CN3CCC(c4cccc(OCc5ccc(C6COC6)cc5OCC(F)(F)F)n4)CC3)n(CC3CCO3)c2c1. The van der Waals surface area contributed by atoms with Gasteiger partial charge in [-0.1, -0.05) is 18.2 Å². The van der Waals surface area contributed by atoms with Crippen molar-refractivity contribution in [3.05, 3.63) is 82.8 Å². The molecule has 3 saturated heterocycles. The molecule has 0 spiro atoms. The standard InChI is InChI=1S/C35H37F3N4O6/c36-35(37,38)21-48-31-15-23(26-18-45-19-26)4-5-25(31)20-47-33-3-1-2-28(40-33)22-8-11-41(12-9-22)17-32-39-29-7-6-24(34(43)44)14-30(29)42(32)16-27-10-13-46-27/h1-7,14-15,22,26-27H,8-13,16-21H2,(H,43,44). The number of carboxylic acids is 1. The molecule has 0 amide bonds. The number of likely N-dealkylation sites (tertiary alicyclic amines) is 1. The third-order valence-corrected chi connectivity index (χ3v) is 9.34. The second-order valence-corrected chi connectivity index (χ2v) is 12.7. The first-order valence-corrected chi connectivity index (χ1v) is 16.2. The zero-order valence-corrected chi connectivity index (χ0v) is 26.3. The maximum absolute atomic E-state index is 13.0. The summed E-state index contributed by atoms with van der Waals surface area (Å²) in [5.74, 6) is 0.845. The van der Waals surface area contributed by atoms with Crippen LogP contribution in [0.15, 0.2) is 54.6 Å². The monoisotopic (exact) mass is 666 g/mol. The van der Waals surface area contributed by atoms with Crippen LogP contribution >= 0.6 is 0 Å². The molecular formula is C35H37F3N4O6. The first-order valence-electron chi connectivity index (χ1n) is 16.2. The molecule has 0 radical (unpaired) electrons. The molecule has 0 aliphatic carbocycles. The molecule has 48 heavy (non-hydrogen) atoms. The van der Waals surface area contributed by atoms with E-state index >= 15 is 0 Å². The number of rotatable bonds is 12. The Bertz CT molecular complexity index is 1760. The molecule has 2 aromatic heterocycles. The van der Waals surface area contributed by atoms with Gasteiger partial charge in [0.25, 0.3) is 0 Å².